The van der Waals surface area contributed by atoms with Crippen LogP contribution in [0.15, 0.2) is 41.4 Å². The summed E-state index contributed by atoms with van der Waals surface area (Å²) in [6.07, 6.45) is -0.219. The highest BCUT2D eigenvalue weighted by atomic mass is 127. The summed E-state index contributed by atoms with van der Waals surface area (Å²) in [7, 11) is 3.36. The average Bonchev–Trinajstić information content (AvgIpc) is 2.53. The predicted molar refractivity (Wildman–Crippen MR) is 114 cm³/mol. The Hall–Kier alpha value is -1.84. The molecule has 0 aromatic heterocycles. The van der Waals surface area contributed by atoms with E-state index in [1.54, 1.807) is 26.2 Å². The van der Waals surface area contributed by atoms with Crippen LogP contribution in [0.25, 0.3) is 0 Å². The molecule has 0 radical (unpaired) electrons. The zero-order valence-corrected chi connectivity index (χ0v) is 18.0. The minimum absolute atomic E-state index is 0. The molecule has 0 aliphatic carbocycles. The first kappa shape index (κ1) is 24.2. The Labute approximate surface area is 171 Å². The van der Waals surface area contributed by atoms with E-state index in [-0.39, 0.29) is 48.3 Å². The molecule has 26 heavy (non-hydrogen) atoms. The summed E-state index contributed by atoms with van der Waals surface area (Å²) in [4.78, 5) is 17.4. The van der Waals surface area contributed by atoms with Gasteiger partial charge in [0, 0.05) is 26.7 Å². The first-order valence-corrected chi connectivity index (χ1v) is 8.07. The fraction of sp³-hybridized carbons (Fsp3) is 0.444. The standard InChI is InChI=1S/C18H27FN4O2.HI/c1-13(2)10-20-18(22-12-17(24)23(4)5)21-11-14(3)25-16-8-6-7-15(19)9-16;/h6-9,14H,1,10-12H2,2-5H3,(H2,20,21,22);1H. The van der Waals surface area contributed by atoms with Gasteiger partial charge in [-0.05, 0) is 26.0 Å². The number of benzene rings is 1. The van der Waals surface area contributed by atoms with Crippen molar-refractivity contribution < 1.29 is 13.9 Å². The van der Waals surface area contributed by atoms with Crippen molar-refractivity contribution in [2.75, 3.05) is 33.7 Å². The summed E-state index contributed by atoms with van der Waals surface area (Å²) >= 11 is 0. The SMILES string of the molecule is C=C(C)CNC(=NCC(=O)N(C)C)NCC(C)Oc1cccc(F)c1.I. The second kappa shape index (κ2) is 12.5. The number of amides is 1. The highest BCUT2D eigenvalue weighted by Crippen LogP contribution is 2.13. The van der Waals surface area contributed by atoms with Crippen LogP contribution in [-0.4, -0.2) is 56.6 Å². The highest BCUT2D eigenvalue weighted by molar-refractivity contribution is 14.0. The average molecular weight is 478 g/mol. The summed E-state index contributed by atoms with van der Waals surface area (Å²) in [5.41, 5.74) is 0.942. The number of rotatable bonds is 8. The van der Waals surface area contributed by atoms with Crippen molar-refractivity contribution in [2.24, 2.45) is 4.99 Å². The Morgan fingerprint density at radius 1 is 1.38 bits per heavy atom. The van der Waals surface area contributed by atoms with Gasteiger partial charge in [-0.15, -0.1) is 24.0 Å². The summed E-state index contributed by atoms with van der Waals surface area (Å²) in [5, 5.41) is 6.21. The first-order valence-electron chi connectivity index (χ1n) is 8.07. The van der Waals surface area contributed by atoms with E-state index in [0.29, 0.717) is 24.8 Å². The van der Waals surface area contributed by atoms with E-state index in [9.17, 15) is 9.18 Å². The lowest BCUT2D eigenvalue weighted by molar-refractivity contribution is -0.127. The minimum atomic E-state index is -0.342. The fourth-order valence-electron chi connectivity index (χ4n) is 1.75. The van der Waals surface area contributed by atoms with Crippen molar-refractivity contribution in [3.63, 3.8) is 0 Å². The van der Waals surface area contributed by atoms with E-state index >= 15 is 0 Å². The smallest absolute Gasteiger partial charge is 0.243 e. The molecule has 0 heterocycles. The van der Waals surface area contributed by atoms with Crippen LogP contribution in [0, 0.1) is 5.82 Å². The van der Waals surface area contributed by atoms with Crippen LogP contribution >= 0.6 is 24.0 Å². The van der Waals surface area contributed by atoms with Gasteiger partial charge in [-0.2, -0.15) is 0 Å². The van der Waals surface area contributed by atoms with Crippen molar-refractivity contribution in [1.82, 2.24) is 15.5 Å². The predicted octanol–water partition coefficient (Wildman–Crippen LogP) is 2.41. The van der Waals surface area contributed by atoms with Crippen LogP contribution in [-0.2, 0) is 4.79 Å². The van der Waals surface area contributed by atoms with E-state index in [1.165, 1.54) is 17.0 Å². The Morgan fingerprint density at radius 2 is 2.08 bits per heavy atom. The lowest BCUT2D eigenvalue weighted by atomic mass is 10.3. The Balaban J connectivity index is 0.00000625. The third-order valence-corrected chi connectivity index (χ3v) is 3.12. The Bertz CT molecular complexity index is 623. The van der Waals surface area contributed by atoms with Crippen LogP contribution in [0.2, 0.25) is 0 Å². The maximum absolute atomic E-state index is 13.2. The van der Waals surface area contributed by atoms with Crippen LogP contribution < -0.4 is 15.4 Å². The van der Waals surface area contributed by atoms with E-state index < -0.39 is 0 Å². The molecule has 1 rings (SSSR count). The molecule has 1 unspecified atom stereocenters. The van der Waals surface area contributed by atoms with Gasteiger partial charge in [0.05, 0.1) is 6.54 Å². The molecule has 0 saturated carbocycles. The quantitative estimate of drug-likeness (QED) is 0.261. The maximum Gasteiger partial charge on any atom is 0.243 e. The third kappa shape index (κ3) is 10.2. The van der Waals surface area contributed by atoms with E-state index in [1.807, 2.05) is 13.8 Å². The van der Waals surface area contributed by atoms with Gasteiger partial charge >= 0.3 is 0 Å². The van der Waals surface area contributed by atoms with E-state index in [4.69, 9.17) is 4.74 Å². The minimum Gasteiger partial charge on any atom is -0.489 e. The molecule has 0 fully saturated rings. The lowest BCUT2D eigenvalue weighted by Crippen LogP contribution is -2.43. The van der Waals surface area contributed by atoms with Gasteiger partial charge in [0.25, 0.3) is 0 Å². The summed E-state index contributed by atoms with van der Waals surface area (Å²) in [6.45, 7) is 8.61. The molecule has 6 nitrogen and oxygen atoms in total. The number of nitrogens with zero attached hydrogens (tertiary/aromatic N) is 2. The molecule has 0 aliphatic rings. The highest BCUT2D eigenvalue weighted by Gasteiger charge is 2.08. The number of aliphatic imine (C=N–C) groups is 1. The number of halogens is 2. The van der Waals surface area contributed by atoms with Gasteiger partial charge < -0.3 is 20.3 Å². The van der Waals surface area contributed by atoms with E-state index in [0.717, 1.165) is 5.57 Å². The van der Waals surface area contributed by atoms with Crippen LogP contribution in [0.3, 0.4) is 0 Å². The molecule has 0 spiro atoms. The van der Waals surface area contributed by atoms with Crippen LogP contribution in [0.1, 0.15) is 13.8 Å². The first-order chi connectivity index (χ1) is 11.8. The number of ether oxygens (including phenoxy) is 1. The summed E-state index contributed by atoms with van der Waals surface area (Å²) in [6, 6.07) is 5.99. The maximum atomic E-state index is 13.2. The Kier molecular flexibility index (Phi) is 11.6. The summed E-state index contributed by atoms with van der Waals surface area (Å²) in [5.74, 6) is 0.518. The fourth-order valence-corrected chi connectivity index (χ4v) is 1.75. The molecule has 0 bridgehead atoms. The van der Waals surface area contributed by atoms with Crippen molar-refractivity contribution in [1.29, 1.82) is 0 Å². The number of carbonyl (C=O) groups excluding carboxylic acids is 1. The van der Waals surface area contributed by atoms with Gasteiger partial charge in [0.2, 0.25) is 5.91 Å². The second-order valence-corrected chi connectivity index (χ2v) is 6.03. The largest absolute Gasteiger partial charge is 0.489 e. The number of carbonyl (C=O) groups is 1. The van der Waals surface area contributed by atoms with Crippen LogP contribution in [0.4, 0.5) is 4.39 Å². The molecule has 1 amide bonds. The molecule has 1 aromatic carbocycles. The number of hydrogen-bond donors (Lipinski definition) is 2. The Morgan fingerprint density at radius 3 is 2.65 bits per heavy atom. The lowest BCUT2D eigenvalue weighted by Gasteiger charge is -2.18. The molecule has 8 heteroatoms. The van der Waals surface area contributed by atoms with Crippen molar-refractivity contribution in [2.45, 2.75) is 20.0 Å². The molecule has 1 aromatic rings. The van der Waals surface area contributed by atoms with Crippen molar-refractivity contribution in [3.8, 4) is 5.75 Å². The zero-order chi connectivity index (χ0) is 18.8. The number of hydrogen-bond acceptors (Lipinski definition) is 3. The van der Waals surface area contributed by atoms with Crippen molar-refractivity contribution in [3.05, 3.63) is 42.2 Å². The second-order valence-electron chi connectivity index (χ2n) is 6.03. The number of guanidine groups is 1. The number of nitrogens with one attached hydrogen (secondary N) is 2. The molecular formula is C18H28FIN4O2. The van der Waals surface area contributed by atoms with Crippen molar-refractivity contribution >= 4 is 35.8 Å². The molecule has 2 N–H and O–H groups in total. The third-order valence-electron chi connectivity index (χ3n) is 3.12. The zero-order valence-electron chi connectivity index (χ0n) is 15.7. The summed E-state index contributed by atoms with van der Waals surface area (Å²) < 4.78 is 18.8. The molecule has 146 valence electrons. The molecule has 1 atom stereocenters. The molecular weight excluding hydrogens is 450 g/mol. The molecule has 0 saturated heterocycles. The van der Waals surface area contributed by atoms with Gasteiger partial charge in [0.15, 0.2) is 5.96 Å². The number of likely N-dealkylation sites (N-methyl/N-ethyl adjacent to an activating group) is 1. The molecule has 0 aliphatic heterocycles. The monoisotopic (exact) mass is 478 g/mol. The normalized spacial score (nSPS) is 11.8. The van der Waals surface area contributed by atoms with Gasteiger partial charge in [-0.3, -0.25) is 4.79 Å². The van der Waals surface area contributed by atoms with Gasteiger partial charge in [-0.1, -0.05) is 18.2 Å². The van der Waals surface area contributed by atoms with Crippen LogP contribution in [0.5, 0.6) is 5.75 Å². The van der Waals surface area contributed by atoms with Gasteiger partial charge in [-0.25, -0.2) is 9.38 Å². The topological polar surface area (TPSA) is 66.0 Å². The van der Waals surface area contributed by atoms with E-state index in [2.05, 4.69) is 22.2 Å². The van der Waals surface area contributed by atoms with Gasteiger partial charge in [0.1, 0.15) is 24.2 Å².